The second kappa shape index (κ2) is 25.3. The zero-order valence-corrected chi connectivity index (χ0v) is 40.1. The highest BCUT2D eigenvalue weighted by molar-refractivity contribution is 5.91. The molecule has 0 saturated heterocycles. The molecule has 10 heteroatoms. The Labute approximate surface area is 407 Å². The number of methoxy groups -OCH3 is 1. The summed E-state index contributed by atoms with van der Waals surface area (Å²) in [5, 5.41) is 0. The summed E-state index contributed by atoms with van der Waals surface area (Å²) < 4.78 is 42.9. The van der Waals surface area contributed by atoms with E-state index < -0.39 is 5.97 Å². The zero-order valence-electron chi connectivity index (χ0n) is 40.1. The molecular formula is C59H62N2O8. The number of esters is 1. The number of hydrogen-bond acceptors (Lipinski definition) is 10. The van der Waals surface area contributed by atoms with Gasteiger partial charge in [0.25, 0.3) is 0 Å². The van der Waals surface area contributed by atoms with E-state index in [1.807, 2.05) is 127 Å². The van der Waals surface area contributed by atoms with Gasteiger partial charge in [-0.2, -0.15) is 0 Å². The number of ether oxygens (including phenoxy) is 7. The Morgan fingerprint density at radius 2 is 0.971 bits per heavy atom. The summed E-state index contributed by atoms with van der Waals surface area (Å²) in [6.45, 7) is 14.3. The number of nitrogens with zero attached hydrogens (tertiary/aromatic N) is 2. The quantitative estimate of drug-likeness (QED) is 0.0386. The van der Waals surface area contributed by atoms with E-state index >= 15 is 0 Å². The number of carbonyl (C=O) groups excluding carboxylic acids is 1. The summed E-state index contributed by atoms with van der Waals surface area (Å²) in [7, 11) is 1.63. The van der Waals surface area contributed by atoms with Gasteiger partial charge in [0, 0.05) is 32.2 Å². The average molecular weight is 927 g/mol. The molecule has 7 aromatic carbocycles. The Kier molecular flexibility index (Phi) is 18.0. The van der Waals surface area contributed by atoms with Crippen LogP contribution in [-0.2, 0) is 44.3 Å². The first-order chi connectivity index (χ1) is 33.9. The minimum atomic E-state index is -0.400. The molecule has 0 spiro atoms. The van der Waals surface area contributed by atoms with E-state index in [4.69, 9.17) is 33.2 Å². The van der Waals surface area contributed by atoms with Crippen LogP contribution in [0.1, 0.15) is 64.5 Å². The molecule has 0 bridgehead atoms. The van der Waals surface area contributed by atoms with Crippen molar-refractivity contribution in [1.29, 1.82) is 0 Å². The summed E-state index contributed by atoms with van der Waals surface area (Å²) in [5.41, 5.74) is 8.28. The van der Waals surface area contributed by atoms with Gasteiger partial charge < -0.3 is 43.0 Å². The largest absolute Gasteiger partial charge is 0.493 e. The highest BCUT2D eigenvalue weighted by Gasteiger charge is 2.20. The Morgan fingerprint density at radius 1 is 0.478 bits per heavy atom. The molecule has 7 rings (SSSR count). The molecule has 0 aliphatic rings. The van der Waals surface area contributed by atoms with E-state index in [1.165, 1.54) is 5.56 Å². The zero-order chi connectivity index (χ0) is 48.2. The van der Waals surface area contributed by atoms with Crippen molar-refractivity contribution in [3.63, 3.8) is 0 Å². The number of hydrogen-bond donors (Lipinski definition) is 0. The van der Waals surface area contributed by atoms with Crippen molar-refractivity contribution in [2.75, 3.05) is 43.2 Å². The molecule has 0 heterocycles. The first-order valence-electron chi connectivity index (χ1n) is 23.5. The monoisotopic (exact) mass is 926 g/mol. The van der Waals surface area contributed by atoms with Gasteiger partial charge >= 0.3 is 5.97 Å². The summed E-state index contributed by atoms with van der Waals surface area (Å²) in [6.07, 6.45) is 1.70. The molecule has 356 valence electrons. The maximum absolute atomic E-state index is 13.2. The van der Waals surface area contributed by atoms with E-state index in [2.05, 4.69) is 60.6 Å². The van der Waals surface area contributed by atoms with E-state index in [-0.39, 0.29) is 13.2 Å². The fraction of sp³-hybridized carbons (Fsp3) is 0.237. The predicted octanol–water partition coefficient (Wildman–Crippen LogP) is 12.8. The van der Waals surface area contributed by atoms with Gasteiger partial charge in [-0.3, -0.25) is 0 Å². The number of carbonyl (C=O) groups is 1. The summed E-state index contributed by atoms with van der Waals surface area (Å²) >= 11 is 0. The standard InChI is InChI=1S/C59H62N2O8/c1-6-31-65-57-29-26-48(35-58(57)63-5)43-69-55-28-25-47(34-53(55)60(7-2)38-44-19-13-10-14-20-44)42-68-56-30-27-50(59(62)64-9-4)36-54(56)61(8-3)39-49-32-51(66-40-45-21-15-11-16-22-45)37-52(33-49)67-41-46-23-17-12-18-24-46/h6,10-30,32-37H,1,7-9,31,38-43H2,2-5H3. The van der Waals surface area contributed by atoms with Crippen molar-refractivity contribution < 1.29 is 38.0 Å². The van der Waals surface area contributed by atoms with Crippen LogP contribution in [0.5, 0.6) is 34.5 Å². The smallest absolute Gasteiger partial charge is 0.338 e. The first kappa shape index (κ1) is 49.1. The Hall–Kier alpha value is -7.85. The second-order valence-electron chi connectivity index (χ2n) is 16.2. The number of rotatable bonds is 26. The van der Waals surface area contributed by atoms with Gasteiger partial charge in [-0.15, -0.1) is 0 Å². The maximum Gasteiger partial charge on any atom is 0.338 e. The van der Waals surface area contributed by atoms with Crippen molar-refractivity contribution in [2.45, 2.75) is 60.3 Å². The van der Waals surface area contributed by atoms with Crippen molar-refractivity contribution in [2.24, 2.45) is 0 Å². The molecule has 0 atom stereocenters. The van der Waals surface area contributed by atoms with Crippen LogP contribution in [0.2, 0.25) is 0 Å². The predicted molar refractivity (Wildman–Crippen MR) is 274 cm³/mol. The number of anilines is 2. The molecule has 0 amide bonds. The lowest BCUT2D eigenvalue weighted by atomic mass is 10.1. The fourth-order valence-electron chi connectivity index (χ4n) is 7.77. The first-order valence-corrected chi connectivity index (χ1v) is 23.5. The summed E-state index contributed by atoms with van der Waals surface area (Å²) in [5.74, 6) is 3.61. The number of benzene rings is 7. The molecule has 0 radical (unpaired) electrons. The third-order valence-electron chi connectivity index (χ3n) is 11.3. The van der Waals surface area contributed by atoms with Gasteiger partial charge in [0.1, 0.15) is 56.0 Å². The van der Waals surface area contributed by atoms with Crippen LogP contribution in [0.25, 0.3) is 0 Å². The topological polar surface area (TPSA) is 88.2 Å². The van der Waals surface area contributed by atoms with E-state index in [0.717, 1.165) is 51.5 Å². The minimum Gasteiger partial charge on any atom is -0.493 e. The SMILES string of the molecule is C=CCOc1ccc(COc2ccc(COc3ccc(C(=O)OCC)cc3N(CC)Cc3cc(OCc4ccccc4)cc(OCc4ccccc4)c3)cc2N(CC)Cc2ccccc2)cc1OC. The van der Waals surface area contributed by atoms with Crippen LogP contribution < -0.4 is 38.2 Å². The van der Waals surface area contributed by atoms with Crippen LogP contribution in [0.4, 0.5) is 11.4 Å². The van der Waals surface area contributed by atoms with E-state index in [1.54, 1.807) is 26.2 Å². The molecule has 0 saturated carbocycles. The Balaban J connectivity index is 1.17. The lowest BCUT2D eigenvalue weighted by Gasteiger charge is -2.28. The summed E-state index contributed by atoms with van der Waals surface area (Å²) in [4.78, 5) is 17.7. The average Bonchev–Trinajstić information content (AvgIpc) is 3.39. The van der Waals surface area contributed by atoms with Gasteiger partial charge in [-0.05, 0) is 109 Å². The molecule has 0 N–H and O–H groups in total. The Morgan fingerprint density at radius 3 is 1.51 bits per heavy atom. The van der Waals surface area contributed by atoms with E-state index in [9.17, 15) is 4.79 Å². The molecule has 0 aliphatic carbocycles. The fourth-order valence-corrected chi connectivity index (χ4v) is 7.77. The third-order valence-corrected chi connectivity index (χ3v) is 11.3. The molecule has 69 heavy (non-hydrogen) atoms. The van der Waals surface area contributed by atoms with Crippen LogP contribution in [0.15, 0.2) is 176 Å². The van der Waals surface area contributed by atoms with Gasteiger partial charge in [0.05, 0.1) is 30.7 Å². The van der Waals surface area contributed by atoms with Gasteiger partial charge in [-0.1, -0.05) is 116 Å². The molecule has 0 aromatic heterocycles. The maximum atomic E-state index is 13.2. The summed E-state index contributed by atoms with van der Waals surface area (Å²) in [6, 6.07) is 54.0. The van der Waals surface area contributed by atoms with Gasteiger partial charge in [-0.25, -0.2) is 4.79 Å². The van der Waals surface area contributed by atoms with Crippen LogP contribution in [-0.4, -0.2) is 39.4 Å². The Bertz CT molecular complexity index is 2650. The third kappa shape index (κ3) is 14.1. The van der Waals surface area contributed by atoms with Crippen LogP contribution in [0, 0.1) is 0 Å². The second-order valence-corrected chi connectivity index (χ2v) is 16.2. The van der Waals surface area contributed by atoms with Gasteiger partial charge in [0.2, 0.25) is 0 Å². The highest BCUT2D eigenvalue weighted by Crippen LogP contribution is 2.36. The van der Waals surface area contributed by atoms with Crippen LogP contribution >= 0.6 is 0 Å². The van der Waals surface area contributed by atoms with Crippen LogP contribution in [0.3, 0.4) is 0 Å². The molecule has 10 nitrogen and oxygen atoms in total. The lowest BCUT2D eigenvalue weighted by molar-refractivity contribution is 0.0526. The molecule has 0 unspecified atom stereocenters. The van der Waals surface area contributed by atoms with Crippen molar-refractivity contribution in [3.8, 4) is 34.5 Å². The molecule has 0 fully saturated rings. The minimum absolute atomic E-state index is 0.253. The molecule has 0 aliphatic heterocycles. The van der Waals surface area contributed by atoms with Crippen molar-refractivity contribution in [3.05, 3.63) is 215 Å². The van der Waals surface area contributed by atoms with Gasteiger partial charge in [0.15, 0.2) is 11.5 Å². The molecule has 7 aromatic rings. The van der Waals surface area contributed by atoms with Crippen molar-refractivity contribution in [1.82, 2.24) is 0 Å². The lowest BCUT2D eigenvalue weighted by Crippen LogP contribution is -2.24. The van der Waals surface area contributed by atoms with E-state index in [0.29, 0.717) is 80.4 Å². The highest BCUT2D eigenvalue weighted by atomic mass is 16.5. The van der Waals surface area contributed by atoms with Crippen molar-refractivity contribution >= 4 is 17.3 Å². The molecular weight excluding hydrogens is 865 g/mol. The normalized spacial score (nSPS) is 10.7.